The minimum Gasteiger partial charge on any atom is -0.497 e. The van der Waals surface area contributed by atoms with Crippen molar-refractivity contribution in [1.82, 2.24) is 0 Å². The summed E-state index contributed by atoms with van der Waals surface area (Å²) in [6.07, 6.45) is 4.65. The number of imide groups is 1. The molecule has 6 heteroatoms. The third kappa shape index (κ3) is 3.47. The van der Waals surface area contributed by atoms with Gasteiger partial charge in [0.05, 0.1) is 23.4 Å². The number of benzene rings is 1. The molecule has 2 saturated heterocycles. The van der Waals surface area contributed by atoms with Crippen molar-refractivity contribution in [3.8, 4) is 5.75 Å². The smallest absolute Gasteiger partial charge is 0.266 e. The van der Waals surface area contributed by atoms with Gasteiger partial charge in [-0.05, 0) is 72.6 Å². The molecular weight excluding hydrogens is 400 g/mol. The van der Waals surface area contributed by atoms with E-state index >= 15 is 0 Å². The molecule has 156 valence electrons. The third-order valence-corrected chi connectivity index (χ3v) is 13.7. The van der Waals surface area contributed by atoms with Gasteiger partial charge in [0.25, 0.3) is 11.8 Å². The highest BCUT2D eigenvalue weighted by Crippen LogP contribution is 2.70. The summed E-state index contributed by atoms with van der Waals surface area (Å²) in [6, 6.07) is 7.31. The summed E-state index contributed by atoms with van der Waals surface area (Å²) in [5.41, 5.74) is 2.72. The van der Waals surface area contributed by atoms with Crippen LogP contribution in [0.1, 0.15) is 53.4 Å². The molecule has 4 atom stereocenters. The molecule has 0 unspecified atom stereocenters. The van der Waals surface area contributed by atoms with E-state index in [9.17, 15) is 9.59 Å². The lowest BCUT2D eigenvalue weighted by atomic mass is 10.2. The molecule has 0 bridgehead atoms. The van der Waals surface area contributed by atoms with Crippen molar-refractivity contribution in [2.45, 2.75) is 76.0 Å². The molecular formula is C23H31NO3P2. The summed E-state index contributed by atoms with van der Waals surface area (Å²) in [5.74, 6) is 0.637. The lowest BCUT2D eigenvalue weighted by Gasteiger charge is -2.26. The summed E-state index contributed by atoms with van der Waals surface area (Å²) < 4.78 is 5.25. The van der Waals surface area contributed by atoms with Crippen LogP contribution in [-0.4, -0.2) is 41.6 Å². The van der Waals surface area contributed by atoms with Crippen LogP contribution in [0.4, 0.5) is 5.69 Å². The predicted octanol–water partition coefficient (Wildman–Crippen LogP) is 5.89. The summed E-state index contributed by atoms with van der Waals surface area (Å²) in [7, 11) is 0.430. The van der Waals surface area contributed by atoms with E-state index in [1.807, 2.05) is 24.3 Å². The first-order chi connectivity index (χ1) is 13.8. The van der Waals surface area contributed by atoms with E-state index in [2.05, 4.69) is 27.7 Å². The first-order valence-electron chi connectivity index (χ1n) is 10.7. The number of nitrogens with zero attached hydrogens (tertiary/aromatic N) is 1. The van der Waals surface area contributed by atoms with Gasteiger partial charge < -0.3 is 4.74 Å². The molecule has 0 N–H and O–H groups in total. The average Bonchev–Trinajstić information content (AvgIpc) is 3.29. The van der Waals surface area contributed by atoms with Crippen LogP contribution < -0.4 is 9.64 Å². The summed E-state index contributed by atoms with van der Waals surface area (Å²) in [4.78, 5) is 29.0. The van der Waals surface area contributed by atoms with Gasteiger partial charge in [-0.15, -0.1) is 0 Å². The lowest BCUT2D eigenvalue weighted by Crippen LogP contribution is -2.31. The van der Waals surface area contributed by atoms with E-state index in [1.165, 1.54) is 4.90 Å². The van der Waals surface area contributed by atoms with Crippen molar-refractivity contribution >= 4 is 33.3 Å². The highest BCUT2D eigenvalue weighted by molar-refractivity contribution is 7.70. The maximum Gasteiger partial charge on any atom is 0.266 e. The van der Waals surface area contributed by atoms with E-state index in [0.717, 1.165) is 42.1 Å². The van der Waals surface area contributed by atoms with E-state index < -0.39 is 15.8 Å². The topological polar surface area (TPSA) is 46.6 Å². The Kier molecular flexibility index (Phi) is 5.88. The molecule has 4 rings (SSSR count). The van der Waals surface area contributed by atoms with Crippen LogP contribution in [0.25, 0.3) is 0 Å². The maximum atomic E-state index is 13.8. The van der Waals surface area contributed by atoms with Crippen LogP contribution >= 0.6 is 15.8 Å². The molecule has 29 heavy (non-hydrogen) atoms. The average molecular weight is 431 g/mol. The molecule has 3 aliphatic rings. The number of carbonyl (C=O) groups is 2. The van der Waals surface area contributed by atoms with Crippen molar-refractivity contribution in [3.05, 3.63) is 34.9 Å². The van der Waals surface area contributed by atoms with Crippen LogP contribution in [0.15, 0.2) is 34.9 Å². The molecule has 0 radical (unpaired) electrons. The fourth-order valence-electron chi connectivity index (χ4n) is 5.21. The number of amides is 2. The van der Waals surface area contributed by atoms with Crippen molar-refractivity contribution in [2.75, 3.05) is 12.0 Å². The van der Waals surface area contributed by atoms with Crippen LogP contribution in [0.2, 0.25) is 0 Å². The largest absolute Gasteiger partial charge is 0.497 e. The SMILES string of the molecule is COc1ccc(N2C(=O)C(P3[C@H](C)CC[C@H]3C)=C(P3[C@H](C)CC[C@H]3C)C2=O)cc1. The number of rotatable bonds is 4. The number of hydrogen-bond acceptors (Lipinski definition) is 3. The number of hydrogen-bond donors (Lipinski definition) is 0. The molecule has 0 saturated carbocycles. The van der Waals surface area contributed by atoms with Crippen molar-refractivity contribution in [3.63, 3.8) is 0 Å². The first kappa shape index (κ1) is 21.0. The van der Waals surface area contributed by atoms with Crippen LogP contribution in [-0.2, 0) is 9.59 Å². The Hall–Kier alpha value is -1.24. The molecule has 0 spiro atoms. The standard InChI is InChI=1S/C23H31NO3P2/c1-14-6-7-15(2)28(14)20-21(29-16(3)8-9-17(29)4)23(26)24(22(20)25)18-10-12-19(27-5)13-11-18/h10-17H,6-9H2,1-5H3/t14-,15-,16-,17-/m1/s1. The molecule has 3 aliphatic heterocycles. The molecule has 2 amide bonds. The molecule has 1 aromatic rings. The molecule has 2 fully saturated rings. The second-order valence-corrected chi connectivity index (χ2v) is 14.8. The Bertz CT molecular complexity index is 784. The predicted molar refractivity (Wildman–Crippen MR) is 123 cm³/mol. The Morgan fingerprint density at radius 3 is 1.48 bits per heavy atom. The van der Waals surface area contributed by atoms with Gasteiger partial charge in [-0.2, -0.15) is 0 Å². The van der Waals surface area contributed by atoms with E-state index in [1.54, 1.807) is 7.11 Å². The van der Waals surface area contributed by atoms with Crippen molar-refractivity contribution in [2.24, 2.45) is 0 Å². The normalized spacial score (nSPS) is 31.4. The van der Waals surface area contributed by atoms with Crippen molar-refractivity contribution < 1.29 is 14.3 Å². The molecule has 1 aromatic carbocycles. The third-order valence-electron chi connectivity index (χ3n) is 6.79. The quantitative estimate of drug-likeness (QED) is 0.441. The molecule has 3 heterocycles. The van der Waals surface area contributed by atoms with Gasteiger partial charge in [0, 0.05) is 0 Å². The van der Waals surface area contributed by atoms with E-state index in [4.69, 9.17) is 4.74 Å². The molecule has 4 nitrogen and oxygen atoms in total. The fourth-order valence-corrected chi connectivity index (χ4v) is 12.4. The zero-order valence-corrected chi connectivity index (χ0v) is 19.8. The highest BCUT2D eigenvalue weighted by atomic mass is 31.1. The van der Waals surface area contributed by atoms with Crippen molar-refractivity contribution in [1.29, 1.82) is 0 Å². The fraction of sp³-hybridized carbons (Fsp3) is 0.565. The van der Waals surface area contributed by atoms with Gasteiger partial charge in [-0.3, -0.25) is 9.59 Å². The second-order valence-electron chi connectivity index (χ2n) is 8.71. The highest BCUT2D eigenvalue weighted by Gasteiger charge is 2.51. The monoisotopic (exact) mass is 431 g/mol. The van der Waals surface area contributed by atoms with Gasteiger partial charge in [0.2, 0.25) is 0 Å². The van der Waals surface area contributed by atoms with Gasteiger partial charge >= 0.3 is 0 Å². The number of carbonyl (C=O) groups excluding carboxylic acids is 2. The van der Waals surface area contributed by atoms with E-state index in [-0.39, 0.29) is 11.8 Å². The Morgan fingerprint density at radius 2 is 1.14 bits per heavy atom. The second kappa shape index (κ2) is 8.12. The molecule has 0 aliphatic carbocycles. The molecule has 0 aromatic heterocycles. The van der Waals surface area contributed by atoms with Gasteiger partial charge in [0.15, 0.2) is 0 Å². The van der Waals surface area contributed by atoms with Crippen LogP contribution in [0.5, 0.6) is 5.75 Å². The number of anilines is 1. The number of ether oxygens (including phenoxy) is 1. The van der Waals surface area contributed by atoms with Gasteiger partial charge in [0.1, 0.15) is 5.75 Å². The minimum atomic E-state index is -0.595. The summed E-state index contributed by atoms with van der Waals surface area (Å²) >= 11 is 0. The zero-order valence-electron chi connectivity index (χ0n) is 18.0. The van der Waals surface area contributed by atoms with Gasteiger partial charge in [-0.1, -0.05) is 43.5 Å². The van der Waals surface area contributed by atoms with Crippen LogP contribution in [0.3, 0.4) is 0 Å². The Morgan fingerprint density at radius 1 is 0.759 bits per heavy atom. The lowest BCUT2D eigenvalue weighted by molar-refractivity contribution is -0.120. The summed E-state index contributed by atoms with van der Waals surface area (Å²) in [6.45, 7) is 9.12. The van der Waals surface area contributed by atoms with Gasteiger partial charge in [-0.25, -0.2) is 4.90 Å². The van der Waals surface area contributed by atoms with E-state index in [0.29, 0.717) is 28.3 Å². The Balaban J connectivity index is 1.81. The minimum absolute atomic E-state index is 0.0457. The van der Waals surface area contributed by atoms with Crippen LogP contribution in [0, 0.1) is 0 Å². The number of methoxy groups -OCH3 is 1. The summed E-state index contributed by atoms with van der Waals surface area (Å²) in [5, 5.41) is 1.84. The Labute approximate surface area is 176 Å². The zero-order chi connectivity index (χ0) is 20.9. The first-order valence-corrected chi connectivity index (χ1v) is 13.6. The maximum absolute atomic E-state index is 13.8.